The van der Waals surface area contributed by atoms with E-state index in [0.29, 0.717) is 24.0 Å². The van der Waals surface area contributed by atoms with Gasteiger partial charge in [-0.1, -0.05) is 26.8 Å². The molecule has 0 amide bonds. The van der Waals surface area contributed by atoms with Crippen LogP contribution >= 0.6 is 0 Å². The van der Waals surface area contributed by atoms with E-state index in [0.717, 1.165) is 37.5 Å². The van der Waals surface area contributed by atoms with Gasteiger partial charge in [0.05, 0.1) is 18.4 Å². The van der Waals surface area contributed by atoms with E-state index in [-0.39, 0.29) is 0 Å². The van der Waals surface area contributed by atoms with Crippen molar-refractivity contribution < 1.29 is 9.84 Å². The van der Waals surface area contributed by atoms with E-state index in [9.17, 15) is 5.11 Å². The molecule has 0 aliphatic carbocycles. The minimum absolute atomic E-state index is 0.464. The molecule has 23 heavy (non-hydrogen) atoms. The molecule has 1 aliphatic rings. The molecule has 130 valence electrons. The second kappa shape index (κ2) is 8.55. The molecule has 1 fully saturated rings. The average Bonchev–Trinajstić information content (AvgIpc) is 2.51. The van der Waals surface area contributed by atoms with Crippen molar-refractivity contribution in [2.75, 3.05) is 32.0 Å². The van der Waals surface area contributed by atoms with Crippen LogP contribution in [0.15, 0.2) is 18.2 Å². The van der Waals surface area contributed by atoms with E-state index in [4.69, 9.17) is 10.5 Å². The second-order valence-electron chi connectivity index (χ2n) is 7.35. The van der Waals surface area contributed by atoms with Gasteiger partial charge in [0.1, 0.15) is 5.75 Å². The Morgan fingerprint density at radius 1 is 1.39 bits per heavy atom. The molecular formula is C19H32N2O2. The van der Waals surface area contributed by atoms with Gasteiger partial charge in [-0.3, -0.25) is 0 Å². The monoisotopic (exact) mass is 320 g/mol. The zero-order chi connectivity index (χ0) is 16.8. The molecule has 2 unspecified atom stereocenters. The van der Waals surface area contributed by atoms with Crippen LogP contribution in [0.25, 0.3) is 0 Å². The summed E-state index contributed by atoms with van der Waals surface area (Å²) in [7, 11) is 0. The maximum Gasteiger partial charge on any atom is 0.142 e. The lowest BCUT2D eigenvalue weighted by molar-refractivity contribution is 0.122. The van der Waals surface area contributed by atoms with Crippen LogP contribution in [0.4, 0.5) is 5.69 Å². The first kappa shape index (κ1) is 18.1. The third-order valence-electron chi connectivity index (χ3n) is 4.45. The van der Waals surface area contributed by atoms with E-state index < -0.39 is 6.10 Å². The van der Waals surface area contributed by atoms with Crippen molar-refractivity contribution in [1.82, 2.24) is 4.90 Å². The van der Waals surface area contributed by atoms with Gasteiger partial charge in [-0.25, -0.2) is 0 Å². The first-order chi connectivity index (χ1) is 11.0. The zero-order valence-corrected chi connectivity index (χ0v) is 14.8. The lowest BCUT2D eigenvalue weighted by Gasteiger charge is -2.31. The van der Waals surface area contributed by atoms with Gasteiger partial charge in [-0.15, -0.1) is 0 Å². The normalized spacial score (nSPS) is 20.7. The Hall–Kier alpha value is -1.26. The van der Waals surface area contributed by atoms with E-state index in [1.165, 1.54) is 12.8 Å². The maximum atomic E-state index is 10.4. The van der Waals surface area contributed by atoms with Gasteiger partial charge in [0, 0.05) is 13.1 Å². The molecule has 1 aliphatic heterocycles. The summed E-state index contributed by atoms with van der Waals surface area (Å²) in [6.45, 7) is 10.4. The number of nitrogens with zero attached hydrogens (tertiary/aromatic N) is 1. The number of hydrogen-bond donors (Lipinski definition) is 2. The number of ether oxygens (including phenoxy) is 1. The Labute approximate surface area is 140 Å². The van der Waals surface area contributed by atoms with Crippen molar-refractivity contribution in [3.8, 4) is 5.75 Å². The molecule has 0 saturated carbocycles. The van der Waals surface area contributed by atoms with Crippen molar-refractivity contribution in [2.24, 2.45) is 11.8 Å². The molecular weight excluding hydrogens is 288 g/mol. The van der Waals surface area contributed by atoms with E-state index in [1.54, 1.807) is 0 Å². The van der Waals surface area contributed by atoms with E-state index in [1.807, 2.05) is 18.2 Å². The number of nitrogens with two attached hydrogens (primary N) is 1. The summed E-state index contributed by atoms with van der Waals surface area (Å²) >= 11 is 0. The highest BCUT2D eigenvalue weighted by Crippen LogP contribution is 2.28. The highest BCUT2D eigenvalue weighted by atomic mass is 16.5. The molecule has 0 aromatic heterocycles. The fraction of sp³-hybridized carbons (Fsp3) is 0.684. The summed E-state index contributed by atoms with van der Waals surface area (Å²) in [4.78, 5) is 2.46. The number of aliphatic hydroxyl groups excluding tert-OH is 1. The predicted octanol–water partition coefficient (Wildman–Crippen LogP) is 3.46. The number of likely N-dealkylation sites (tertiary alicyclic amines) is 1. The molecule has 3 N–H and O–H groups in total. The van der Waals surface area contributed by atoms with Gasteiger partial charge in [0.25, 0.3) is 0 Å². The number of hydrogen-bond acceptors (Lipinski definition) is 4. The third kappa shape index (κ3) is 5.70. The Morgan fingerprint density at radius 2 is 2.17 bits per heavy atom. The molecule has 2 rings (SSSR count). The smallest absolute Gasteiger partial charge is 0.142 e. The topological polar surface area (TPSA) is 58.7 Å². The molecule has 0 bridgehead atoms. The lowest BCUT2D eigenvalue weighted by Crippen LogP contribution is -2.35. The highest BCUT2D eigenvalue weighted by Gasteiger charge is 2.18. The Kier molecular flexibility index (Phi) is 6.72. The number of anilines is 1. The summed E-state index contributed by atoms with van der Waals surface area (Å²) in [6.07, 6.45) is 2.88. The minimum atomic E-state index is -0.464. The summed E-state index contributed by atoms with van der Waals surface area (Å²) in [5, 5.41) is 10.4. The van der Waals surface area contributed by atoms with Crippen LogP contribution in [0.5, 0.6) is 5.75 Å². The Balaban J connectivity index is 1.86. The molecule has 4 nitrogen and oxygen atoms in total. The molecule has 4 heteroatoms. The molecule has 1 aromatic rings. The zero-order valence-electron chi connectivity index (χ0n) is 14.8. The van der Waals surface area contributed by atoms with Crippen molar-refractivity contribution >= 4 is 5.69 Å². The summed E-state index contributed by atoms with van der Waals surface area (Å²) < 4.78 is 5.69. The largest absolute Gasteiger partial charge is 0.491 e. The van der Waals surface area contributed by atoms with E-state index >= 15 is 0 Å². The fourth-order valence-corrected chi connectivity index (χ4v) is 3.12. The maximum absolute atomic E-state index is 10.4. The first-order valence-electron chi connectivity index (χ1n) is 8.88. The molecule has 0 radical (unpaired) electrons. The van der Waals surface area contributed by atoms with Crippen LogP contribution in [0.1, 0.15) is 51.7 Å². The van der Waals surface area contributed by atoms with Crippen molar-refractivity contribution in [2.45, 2.75) is 46.1 Å². The average molecular weight is 320 g/mol. The van der Waals surface area contributed by atoms with Gasteiger partial charge in [-0.2, -0.15) is 0 Å². The van der Waals surface area contributed by atoms with E-state index in [2.05, 4.69) is 25.7 Å². The minimum Gasteiger partial charge on any atom is -0.491 e. The first-order valence-corrected chi connectivity index (χ1v) is 8.88. The molecule has 2 atom stereocenters. The highest BCUT2D eigenvalue weighted by molar-refractivity contribution is 5.54. The fourth-order valence-electron chi connectivity index (χ4n) is 3.12. The second-order valence-corrected chi connectivity index (χ2v) is 7.35. The number of rotatable bonds is 7. The number of benzene rings is 1. The van der Waals surface area contributed by atoms with Crippen LogP contribution in [0.3, 0.4) is 0 Å². The molecule has 1 heterocycles. The van der Waals surface area contributed by atoms with Crippen LogP contribution in [0, 0.1) is 11.8 Å². The predicted molar refractivity (Wildman–Crippen MR) is 95.6 cm³/mol. The third-order valence-corrected chi connectivity index (χ3v) is 4.45. The summed E-state index contributed by atoms with van der Waals surface area (Å²) in [6, 6.07) is 5.65. The number of piperidine rings is 1. The Bertz CT molecular complexity index is 490. The van der Waals surface area contributed by atoms with Crippen molar-refractivity contribution in [3.63, 3.8) is 0 Å². The van der Waals surface area contributed by atoms with Crippen molar-refractivity contribution in [1.29, 1.82) is 0 Å². The lowest BCUT2D eigenvalue weighted by atomic mass is 9.99. The summed E-state index contributed by atoms with van der Waals surface area (Å²) in [5.74, 6) is 1.94. The van der Waals surface area contributed by atoms with Gasteiger partial charge in [-0.05, 0) is 55.3 Å². The van der Waals surface area contributed by atoms with Gasteiger partial charge >= 0.3 is 0 Å². The van der Waals surface area contributed by atoms with Crippen LogP contribution < -0.4 is 10.5 Å². The van der Waals surface area contributed by atoms with Gasteiger partial charge in [0.2, 0.25) is 0 Å². The molecule has 1 saturated heterocycles. The molecule has 0 spiro atoms. The van der Waals surface area contributed by atoms with Crippen LogP contribution in [-0.4, -0.2) is 36.2 Å². The molecule has 1 aromatic carbocycles. The SMILES string of the molecule is CC(C)COc1ccc(C(O)CCN2CCCC(C)C2)cc1N. The number of aliphatic hydroxyl groups is 1. The van der Waals surface area contributed by atoms with Gasteiger partial charge < -0.3 is 20.5 Å². The Morgan fingerprint density at radius 3 is 2.83 bits per heavy atom. The summed E-state index contributed by atoms with van der Waals surface area (Å²) in [5.41, 5.74) is 7.54. The quantitative estimate of drug-likeness (QED) is 0.755. The van der Waals surface area contributed by atoms with Gasteiger partial charge in [0.15, 0.2) is 0 Å². The standard InChI is InChI=1S/C19H32N2O2/c1-14(2)13-23-19-7-6-16(11-17(19)20)18(22)8-10-21-9-4-5-15(3)12-21/h6-7,11,14-15,18,22H,4-5,8-10,12-13,20H2,1-3H3. The van der Waals surface area contributed by atoms with Crippen LogP contribution in [0.2, 0.25) is 0 Å². The van der Waals surface area contributed by atoms with Crippen molar-refractivity contribution in [3.05, 3.63) is 23.8 Å². The van der Waals surface area contributed by atoms with Crippen LogP contribution in [-0.2, 0) is 0 Å². The number of nitrogen functional groups attached to an aromatic ring is 1.